The number of rotatable bonds is 6. The lowest BCUT2D eigenvalue weighted by Gasteiger charge is -2.21. The smallest absolute Gasteiger partial charge is 0.336 e. The van der Waals surface area contributed by atoms with Crippen molar-refractivity contribution >= 4 is 28.3 Å². The fraction of sp³-hybridized carbons (Fsp3) is 0.250. The van der Waals surface area contributed by atoms with E-state index in [4.69, 9.17) is 20.8 Å². The van der Waals surface area contributed by atoms with Crippen LogP contribution in [0.2, 0.25) is 5.02 Å². The van der Waals surface area contributed by atoms with Crippen molar-refractivity contribution in [2.45, 2.75) is 20.5 Å². The molecular formula is C20H20ClNO3. The van der Waals surface area contributed by atoms with Gasteiger partial charge in [-0.2, -0.15) is 0 Å². The Bertz CT molecular complexity index is 932. The number of ether oxygens (including phenoxy) is 1. The summed E-state index contributed by atoms with van der Waals surface area (Å²) < 4.78 is 11.1. The van der Waals surface area contributed by atoms with Crippen LogP contribution in [0.4, 0.5) is 5.69 Å². The van der Waals surface area contributed by atoms with Crippen LogP contribution in [0.15, 0.2) is 57.7 Å². The molecule has 0 bridgehead atoms. The summed E-state index contributed by atoms with van der Waals surface area (Å²) in [6, 6.07) is 14.6. The van der Waals surface area contributed by atoms with Crippen LogP contribution >= 0.6 is 11.6 Å². The summed E-state index contributed by atoms with van der Waals surface area (Å²) in [6.07, 6.45) is 0. The summed E-state index contributed by atoms with van der Waals surface area (Å²) in [5.74, 6) is 0.757. The zero-order chi connectivity index (χ0) is 17.8. The average molecular weight is 358 g/mol. The van der Waals surface area contributed by atoms with Gasteiger partial charge in [-0.05, 0) is 44.2 Å². The van der Waals surface area contributed by atoms with E-state index in [2.05, 4.69) is 24.8 Å². The Labute approximate surface area is 151 Å². The first-order valence-corrected chi connectivity index (χ1v) is 8.68. The Hall–Kier alpha value is -2.46. The van der Waals surface area contributed by atoms with Gasteiger partial charge in [-0.1, -0.05) is 17.7 Å². The standard InChI is InChI=1S/C20H20ClNO3/c1-3-22(4-2)16-6-5-7-17(12-16)24-13-14-10-20(23)25-19-9-8-15(21)11-18(14)19/h5-12H,3-4,13H2,1-2H3. The number of hydrogen-bond donors (Lipinski definition) is 0. The number of halogens is 1. The third kappa shape index (κ3) is 3.97. The predicted octanol–water partition coefficient (Wildman–Crippen LogP) is 4.87. The largest absolute Gasteiger partial charge is 0.489 e. The van der Waals surface area contributed by atoms with Gasteiger partial charge in [0.25, 0.3) is 0 Å². The molecule has 1 heterocycles. The normalized spacial score (nSPS) is 10.8. The second-order valence-corrected chi connectivity index (χ2v) is 6.13. The number of fused-ring (bicyclic) bond motifs is 1. The molecule has 0 saturated heterocycles. The lowest BCUT2D eigenvalue weighted by molar-refractivity contribution is 0.306. The number of hydrogen-bond acceptors (Lipinski definition) is 4. The Morgan fingerprint density at radius 3 is 2.64 bits per heavy atom. The molecule has 0 aliphatic rings. The molecular weight excluding hydrogens is 338 g/mol. The quantitative estimate of drug-likeness (QED) is 0.590. The van der Waals surface area contributed by atoms with Crippen molar-refractivity contribution in [2.24, 2.45) is 0 Å². The molecule has 1 aromatic heterocycles. The third-order valence-corrected chi connectivity index (χ3v) is 4.37. The summed E-state index contributed by atoms with van der Waals surface area (Å²) in [5.41, 5.74) is 1.97. The maximum atomic E-state index is 11.8. The fourth-order valence-corrected chi connectivity index (χ4v) is 3.01. The van der Waals surface area contributed by atoms with Crippen molar-refractivity contribution in [3.63, 3.8) is 0 Å². The second kappa shape index (κ2) is 7.62. The van der Waals surface area contributed by atoms with Crippen LogP contribution in [0.3, 0.4) is 0 Å². The SMILES string of the molecule is CCN(CC)c1cccc(OCc2cc(=O)oc3ccc(Cl)cc23)c1. The highest BCUT2D eigenvalue weighted by atomic mass is 35.5. The van der Waals surface area contributed by atoms with Crippen LogP contribution < -0.4 is 15.3 Å². The van der Waals surface area contributed by atoms with Gasteiger partial charge in [-0.25, -0.2) is 4.79 Å². The van der Waals surface area contributed by atoms with Gasteiger partial charge < -0.3 is 14.1 Å². The van der Waals surface area contributed by atoms with E-state index in [1.807, 2.05) is 18.2 Å². The van der Waals surface area contributed by atoms with Gasteiger partial charge in [-0.15, -0.1) is 0 Å². The molecule has 0 unspecified atom stereocenters. The summed E-state index contributed by atoms with van der Waals surface area (Å²) >= 11 is 6.07. The van der Waals surface area contributed by atoms with E-state index in [-0.39, 0.29) is 6.61 Å². The van der Waals surface area contributed by atoms with Crippen LogP contribution in [0, 0.1) is 0 Å². The van der Waals surface area contributed by atoms with Crippen molar-refractivity contribution in [1.29, 1.82) is 0 Å². The number of benzene rings is 2. The Morgan fingerprint density at radius 1 is 1.08 bits per heavy atom. The van der Waals surface area contributed by atoms with E-state index in [0.29, 0.717) is 10.6 Å². The highest BCUT2D eigenvalue weighted by Crippen LogP contribution is 2.25. The lowest BCUT2D eigenvalue weighted by Crippen LogP contribution is -2.21. The van der Waals surface area contributed by atoms with Gasteiger partial charge in [0.1, 0.15) is 17.9 Å². The first-order valence-electron chi connectivity index (χ1n) is 8.30. The first kappa shape index (κ1) is 17.4. The van der Waals surface area contributed by atoms with Crippen LogP contribution in [-0.2, 0) is 6.61 Å². The molecule has 0 fully saturated rings. The van der Waals surface area contributed by atoms with E-state index in [1.54, 1.807) is 18.2 Å². The molecule has 0 saturated carbocycles. The number of nitrogens with zero attached hydrogens (tertiary/aromatic N) is 1. The maximum Gasteiger partial charge on any atom is 0.336 e. The molecule has 0 spiro atoms. The van der Waals surface area contributed by atoms with Gasteiger partial charge in [0.2, 0.25) is 0 Å². The van der Waals surface area contributed by atoms with Gasteiger partial charge in [-0.3, -0.25) is 0 Å². The van der Waals surface area contributed by atoms with E-state index in [1.165, 1.54) is 6.07 Å². The summed E-state index contributed by atoms with van der Waals surface area (Å²) in [4.78, 5) is 14.0. The predicted molar refractivity (Wildman–Crippen MR) is 102 cm³/mol. The zero-order valence-corrected chi connectivity index (χ0v) is 15.0. The highest BCUT2D eigenvalue weighted by Gasteiger charge is 2.08. The minimum atomic E-state index is -0.398. The number of anilines is 1. The molecule has 0 amide bonds. The molecule has 3 rings (SSSR count). The monoisotopic (exact) mass is 357 g/mol. The lowest BCUT2D eigenvalue weighted by atomic mass is 10.1. The first-order chi connectivity index (χ1) is 12.1. The molecule has 0 aliphatic carbocycles. The minimum Gasteiger partial charge on any atom is -0.489 e. The third-order valence-electron chi connectivity index (χ3n) is 4.13. The van der Waals surface area contributed by atoms with Crippen molar-refractivity contribution in [3.05, 3.63) is 69.5 Å². The molecule has 0 atom stereocenters. The fourth-order valence-electron chi connectivity index (χ4n) is 2.84. The zero-order valence-electron chi connectivity index (χ0n) is 14.3. The molecule has 4 nitrogen and oxygen atoms in total. The molecule has 25 heavy (non-hydrogen) atoms. The van der Waals surface area contributed by atoms with E-state index < -0.39 is 5.63 Å². The van der Waals surface area contributed by atoms with Crippen molar-refractivity contribution < 1.29 is 9.15 Å². The second-order valence-electron chi connectivity index (χ2n) is 5.69. The van der Waals surface area contributed by atoms with Crippen LogP contribution in [-0.4, -0.2) is 13.1 Å². The summed E-state index contributed by atoms with van der Waals surface area (Å²) in [6.45, 7) is 6.38. The van der Waals surface area contributed by atoms with Crippen molar-refractivity contribution in [2.75, 3.05) is 18.0 Å². The highest BCUT2D eigenvalue weighted by molar-refractivity contribution is 6.31. The molecule has 130 valence electrons. The van der Waals surface area contributed by atoms with Gasteiger partial charge in [0.15, 0.2) is 0 Å². The molecule has 2 aromatic carbocycles. The summed E-state index contributed by atoms with van der Waals surface area (Å²) in [5, 5.41) is 1.37. The minimum absolute atomic E-state index is 0.268. The van der Waals surface area contributed by atoms with Crippen LogP contribution in [0.25, 0.3) is 11.0 Å². The Kier molecular flexibility index (Phi) is 5.29. The molecule has 0 radical (unpaired) electrons. The van der Waals surface area contributed by atoms with Crippen LogP contribution in [0.5, 0.6) is 5.75 Å². The van der Waals surface area contributed by atoms with Gasteiger partial charge >= 0.3 is 5.63 Å². The van der Waals surface area contributed by atoms with Gasteiger partial charge in [0, 0.05) is 46.9 Å². The van der Waals surface area contributed by atoms with E-state index in [0.717, 1.165) is 35.5 Å². The summed E-state index contributed by atoms with van der Waals surface area (Å²) in [7, 11) is 0. The molecule has 0 aliphatic heterocycles. The van der Waals surface area contributed by atoms with E-state index in [9.17, 15) is 4.79 Å². The van der Waals surface area contributed by atoms with Crippen LogP contribution in [0.1, 0.15) is 19.4 Å². The Balaban J connectivity index is 1.87. The molecule has 5 heteroatoms. The van der Waals surface area contributed by atoms with Crippen molar-refractivity contribution in [3.8, 4) is 5.75 Å². The van der Waals surface area contributed by atoms with E-state index >= 15 is 0 Å². The maximum absolute atomic E-state index is 11.8. The molecule has 3 aromatic rings. The Morgan fingerprint density at radius 2 is 1.88 bits per heavy atom. The molecule has 0 N–H and O–H groups in total. The average Bonchev–Trinajstić information content (AvgIpc) is 2.61. The van der Waals surface area contributed by atoms with Gasteiger partial charge in [0.05, 0.1) is 0 Å². The topological polar surface area (TPSA) is 42.7 Å². The van der Waals surface area contributed by atoms with Crippen molar-refractivity contribution in [1.82, 2.24) is 0 Å².